The second kappa shape index (κ2) is 6.60. The average molecular weight is 287 g/mol. The smallest absolute Gasteiger partial charge is 0.271 e. The number of non-ortho nitro benzene ring substituents is 1. The van der Waals surface area contributed by atoms with Gasteiger partial charge in [0.1, 0.15) is 12.4 Å². The highest BCUT2D eigenvalue weighted by molar-refractivity contribution is 5.56. The van der Waals surface area contributed by atoms with Crippen molar-refractivity contribution in [1.82, 2.24) is 0 Å². The molecule has 0 bridgehead atoms. The third kappa shape index (κ3) is 4.10. The van der Waals surface area contributed by atoms with Gasteiger partial charge in [-0.05, 0) is 36.8 Å². The SMILES string of the molecule is Cc1ccc([N+](=O)[O-])cc1NCCOc1ccc(N)cc1. The van der Waals surface area contributed by atoms with E-state index in [-0.39, 0.29) is 5.69 Å². The minimum atomic E-state index is -0.407. The maximum Gasteiger partial charge on any atom is 0.271 e. The Bertz CT molecular complexity index is 627. The summed E-state index contributed by atoms with van der Waals surface area (Å²) in [5, 5.41) is 13.9. The fourth-order valence-electron chi connectivity index (χ4n) is 1.83. The molecule has 0 radical (unpaired) electrons. The van der Waals surface area contributed by atoms with Gasteiger partial charge in [0.2, 0.25) is 0 Å². The normalized spacial score (nSPS) is 10.1. The van der Waals surface area contributed by atoms with Crippen molar-refractivity contribution in [3.8, 4) is 5.75 Å². The number of nitro benzene ring substituents is 1. The molecule has 3 N–H and O–H groups in total. The average Bonchev–Trinajstić information content (AvgIpc) is 2.47. The van der Waals surface area contributed by atoms with Crippen LogP contribution in [0.3, 0.4) is 0 Å². The molecule has 0 aromatic heterocycles. The summed E-state index contributed by atoms with van der Waals surface area (Å²) in [4.78, 5) is 10.3. The monoisotopic (exact) mass is 287 g/mol. The third-order valence-corrected chi connectivity index (χ3v) is 3.00. The lowest BCUT2D eigenvalue weighted by atomic mass is 10.2. The molecule has 21 heavy (non-hydrogen) atoms. The fraction of sp³-hybridized carbons (Fsp3) is 0.200. The zero-order valence-electron chi connectivity index (χ0n) is 11.7. The molecule has 6 nitrogen and oxygen atoms in total. The Balaban J connectivity index is 1.87. The topological polar surface area (TPSA) is 90.4 Å². The van der Waals surface area contributed by atoms with Crippen LogP contribution in [0.5, 0.6) is 5.75 Å². The van der Waals surface area contributed by atoms with Crippen molar-refractivity contribution in [2.45, 2.75) is 6.92 Å². The van der Waals surface area contributed by atoms with Crippen LogP contribution in [0, 0.1) is 17.0 Å². The summed E-state index contributed by atoms with van der Waals surface area (Å²) in [6, 6.07) is 11.9. The quantitative estimate of drug-likeness (QED) is 0.369. The molecule has 0 aliphatic heterocycles. The minimum absolute atomic E-state index is 0.0718. The van der Waals surface area contributed by atoms with Crippen LogP contribution >= 0.6 is 0 Å². The Morgan fingerprint density at radius 3 is 2.62 bits per heavy atom. The van der Waals surface area contributed by atoms with E-state index in [1.54, 1.807) is 30.3 Å². The highest BCUT2D eigenvalue weighted by Crippen LogP contribution is 2.21. The van der Waals surface area contributed by atoms with Crippen LogP contribution in [0.2, 0.25) is 0 Å². The molecule has 0 fully saturated rings. The zero-order chi connectivity index (χ0) is 15.2. The number of rotatable bonds is 6. The molecule has 0 saturated heterocycles. The van der Waals surface area contributed by atoms with Crippen LogP contribution in [-0.4, -0.2) is 18.1 Å². The van der Waals surface area contributed by atoms with E-state index in [1.807, 2.05) is 6.92 Å². The molecule has 2 aromatic carbocycles. The van der Waals surface area contributed by atoms with Crippen molar-refractivity contribution in [2.75, 3.05) is 24.2 Å². The Labute approximate surface area is 122 Å². The van der Waals surface area contributed by atoms with E-state index in [4.69, 9.17) is 10.5 Å². The number of nitrogen functional groups attached to an aromatic ring is 1. The lowest BCUT2D eigenvalue weighted by Gasteiger charge is -2.10. The molecule has 6 heteroatoms. The Kier molecular flexibility index (Phi) is 4.61. The molecule has 110 valence electrons. The summed E-state index contributed by atoms with van der Waals surface area (Å²) in [6.45, 7) is 2.89. The molecular weight excluding hydrogens is 270 g/mol. The summed E-state index contributed by atoms with van der Waals surface area (Å²) in [5.74, 6) is 0.738. The molecule has 0 aliphatic rings. The standard InChI is InChI=1S/C15H17N3O3/c1-11-2-5-13(18(19)20)10-15(11)17-8-9-21-14-6-3-12(16)4-7-14/h2-7,10,17H,8-9,16H2,1H3. The van der Waals surface area contributed by atoms with Gasteiger partial charge in [-0.3, -0.25) is 10.1 Å². The Morgan fingerprint density at radius 2 is 1.95 bits per heavy atom. The van der Waals surface area contributed by atoms with Crippen molar-refractivity contribution in [3.63, 3.8) is 0 Å². The van der Waals surface area contributed by atoms with Gasteiger partial charge in [0, 0.05) is 30.1 Å². The molecule has 0 amide bonds. The fourth-order valence-corrected chi connectivity index (χ4v) is 1.83. The van der Waals surface area contributed by atoms with Gasteiger partial charge in [0.15, 0.2) is 0 Å². The molecular formula is C15H17N3O3. The number of benzene rings is 2. The lowest BCUT2D eigenvalue weighted by Crippen LogP contribution is -2.12. The number of nitrogens with zero attached hydrogens (tertiary/aromatic N) is 1. The first kappa shape index (κ1) is 14.6. The largest absolute Gasteiger partial charge is 0.492 e. The van der Waals surface area contributed by atoms with Gasteiger partial charge in [-0.15, -0.1) is 0 Å². The van der Waals surface area contributed by atoms with Crippen molar-refractivity contribution >= 4 is 17.1 Å². The number of nitrogens with one attached hydrogen (secondary N) is 1. The van der Waals surface area contributed by atoms with E-state index in [2.05, 4.69) is 5.32 Å². The molecule has 0 atom stereocenters. The van der Waals surface area contributed by atoms with Crippen LogP contribution in [-0.2, 0) is 0 Å². The molecule has 0 saturated carbocycles. The van der Waals surface area contributed by atoms with Gasteiger partial charge < -0.3 is 15.8 Å². The third-order valence-electron chi connectivity index (χ3n) is 3.00. The van der Waals surface area contributed by atoms with Crippen LogP contribution in [0.15, 0.2) is 42.5 Å². The van der Waals surface area contributed by atoms with Crippen molar-refractivity contribution in [1.29, 1.82) is 0 Å². The molecule has 2 rings (SSSR count). The predicted octanol–water partition coefficient (Wildman–Crippen LogP) is 2.98. The second-order valence-corrected chi connectivity index (χ2v) is 4.60. The van der Waals surface area contributed by atoms with E-state index in [0.29, 0.717) is 18.8 Å². The number of hydrogen-bond acceptors (Lipinski definition) is 5. The molecule has 0 spiro atoms. The Hall–Kier alpha value is -2.76. The molecule has 0 unspecified atom stereocenters. The van der Waals surface area contributed by atoms with Crippen molar-refractivity contribution < 1.29 is 9.66 Å². The highest BCUT2D eigenvalue weighted by Gasteiger charge is 2.08. The number of anilines is 2. The molecule has 0 heterocycles. The molecule has 2 aromatic rings. The maximum atomic E-state index is 10.7. The predicted molar refractivity (Wildman–Crippen MR) is 82.7 cm³/mol. The van der Waals surface area contributed by atoms with Crippen molar-refractivity contribution in [3.05, 3.63) is 58.1 Å². The van der Waals surface area contributed by atoms with Gasteiger partial charge in [-0.2, -0.15) is 0 Å². The zero-order valence-corrected chi connectivity index (χ0v) is 11.7. The van der Waals surface area contributed by atoms with E-state index in [1.165, 1.54) is 12.1 Å². The lowest BCUT2D eigenvalue weighted by molar-refractivity contribution is -0.384. The first-order valence-electron chi connectivity index (χ1n) is 6.53. The summed E-state index contributed by atoms with van der Waals surface area (Å²) in [5.41, 5.74) is 8.04. The summed E-state index contributed by atoms with van der Waals surface area (Å²) in [7, 11) is 0. The number of hydrogen-bond donors (Lipinski definition) is 2. The number of aryl methyl sites for hydroxylation is 1. The number of nitro groups is 1. The van der Waals surface area contributed by atoms with Crippen LogP contribution in [0.4, 0.5) is 17.1 Å². The van der Waals surface area contributed by atoms with Gasteiger partial charge >= 0.3 is 0 Å². The van der Waals surface area contributed by atoms with Crippen LogP contribution < -0.4 is 15.8 Å². The maximum absolute atomic E-state index is 10.7. The minimum Gasteiger partial charge on any atom is -0.492 e. The van der Waals surface area contributed by atoms with E-state index in [0.717, 1.165) is 17.0 Å². The van der Waals surface area contributed by atoms with Gasteiger partial charge in [0.05, 0.1) is 4.92 Å². The van der Waals surface area contributed by atoms with Gasteiger partial charge in [-0.25, -0.2) is 0 Å². The summed E-state index contributed by atoms with van der Waals surface area (Å²) >= 11 is 0. The second-order valence-electron chi connectivity index (χ2n) is 4.60. The van der Waals surface area contributed by atoms with Crippen molar-refractivity contribution in [2.24, 2.45) is 0 Å². The number of nitrogens with two attached hydrogens (primary N) is 1. The van der Waals surface area contributed by atoms with E-state index < -0.39 is 4.92 Å². The Morgan fingerprint density at radius 1 is 1.24 bits per heavy atom. The summed E-state index contributed by atoms with van der Waals surface area (Å²) < 4.78 is 5.55. The molecule has 0 aliphatic carbocycles. The van der Waals surface area contributed by atoms with E-state index in [9.17, 15) is 10.1 Å². The first-order chi connectivity index (χ1) is 10.1. The summed E-state index contributed by atoms with van der Waals surface area (Å²) in [6.07, 6.45) is 0. The van der Waals surface area contributed by atoms with E-state index >= 15 is 0 Å². The highest BCUT2D eigenvalue weighted by atomic mass is 16.6. The number of ether oxygens (including phenoxy) is 1. The van der Waals surface area contributed by atoms with Crippen LogP contribution in [0.25, 0.3) is 0 Å². The van der Waals surface area contributed by atoms with Gasteiger partial charge in [0.25, 0.3) is 5.69 Å². The van der Waals surface area contributed by atoms with Gasteiger partial charge in [-0.1, -0.05) is 6.07 Å². The first-order valence-corrected chi connectivity index (χ1v) is 6.53. The van der Waals surface area contributed by atoms with Crippen LogP contribution in [0.1, 0.15) is 5.56 Å².